The normalized spacial score (nSPS) is 23.8. The molecule has 0 aliphatic carbocycles. The molecule has 5 nitrogen and oxygen atoms in total. The molecule has 1 fully saturated rings. The van der Waals surface area contributed by atoms with Gasteiger partial charge in [0.15, 0.2) is 11.6 Å². The first-order chi connectivity index (χ1) is 11.5. The molecule has 1 heterocycles. The van der Waals surface area contributed by atoms with E-state index in [1.165, 1.54) is 0 Å². The van der Waals surface area contributed by atoms with E-state index in [1.54, 1.807) is 27.7 Å². The van der Waals surface area contributed by atoms with Gasteiger partial charge in [0.05, 0.1) is 0 Å². The molecule has 0 aromatic heterocycles. The molecule has 1 saturated heterocycles. The summed E-state index contributed by atoms with van der Waals surface area (Å²) in [6.07, 6.45) is -0.898. The zero-order valence-corrected chi connectivity index (χ0v) is 14.5. The summed E-state index contributed by atoms with van der Waals surface area (Å²) in [6.45, 7) is 6.55. The van der Waals surface area contributed by atoms with Crippen molar-refractivity contribution in [2.75, 3.05) is 0 Å². The molecule has 25 heavy (non-hydrogen) atoms. The number of amides is 2. The van der Waals surface area contributed by atoms with Gasteiger partial charge in [0.25, 0.3) is 0 Å². The summed E-state index contributed by atoms with van der Waals surface area (Å²) in [5.41, 5.74) is -1.20. The van der Waals surface area contributed by atoms with Gasteiger partial charge in [-0.25, -0.2) is 18.0 Å². The number of halogens is 3. The molecule has 1 aliphatic heterocycles. The molecule has 1 aliphatic rings. The zero-order valence-electron chi connectivity index (χ0n) is 14.5. The van der Waals surface area contributed by atoms with Crippen molar-refractivity contribution in [3.8, 4) is 0 Å². The largest absolute Gasteiger partial charge is 0.444 e. The molecule has 0 radical (unpaired) electrons. The van der Waals surface area contributed by atoms with Gasteiger partial charge in [-0.05, 0) is 46.2 Å². The first-order valence-electron chi connectivity index (χ1n) is 7.93. The van der Waals surface area contributed by atoms with E-state index in [0.717, 1.165) is 6.07 Å². The van der Waals surface area contributed by atoms with Gasteiger partial charge in [-0.2, -0.15) is 0 Å². The third kappa shape index (κ3) is 4.43. The monoisotopic (exact) mass is 358 g/mol. The van der Waals surface area contributed by atoms with E-state index in [1.807, 2.05) is 0 Å². The Morgan fingerprint density at radius 1 is 1.24 bits per heavy atom. The second-order valence-corrected chi connectivity index (χ2v) is 7.10. The number of rotatable bonds is 2. The van der Waals surface area contributed by atoms with Gasteiger partial charge in [-0.1, -0.05) is 0 Å². The maximum Gasteiger partial charge on any atom is 0.408 e. The van der Waals surface area contributed by atoms with Crippen molar-refractivity contribution in [3.05, 3.63) is 35.1 Å². The lowest BCUT2D eigenvalue weighted by atomic mass is 9.82. The van der Waals surface area contributed by atoms with E-state index < -0.39 is 58.6 Å². The molecule has 0 unspecified atom stereocenters. The van der Waals surface area contributed by atoms with E-state index in [0.29, 0.717) is 6.07 Å². The summed E-state index contributed by atoms with van der Waals surface area (Å²) in [6, 6.07) is -0.128. The molecule has 8 heteroatoms. The molecule has 2 rings (SSSR count). The second-order valence-electron chi connectivity index (χ2n) is 7.10. The molecular formula is C17H21F3N2O3. The van der Waals surface area contributed by atoms with Crippen LogP contribution in [0.3, 0.4) is 0 Å². The molecule has 0 spiro atoms. The van der Waals surface area contributed by atoms with Crippen molar-refractivity contribution in [3.63, 3.8) is 0 Å². The lowest BCUT2D eigenvalue weighted by molar-refractivity contribution is -0.126. The number of piperidine rings is 1. The first-order valence-corrected chi connectivity index (χ1v) is 7.93. The minimum Gasteiger partial charge on any atom is -0.444 e. The molecule has 0 saturated carbocycles. The number of alkyl carbamates (subject to hydrolysis) is 1. The van der Waals surface area contributed by atoms with Crippen molar-refractivity contribution < 1.29 is 27.5 Å². The molecule has 2 amide bonds. The van der Waals surface area contributed by atoms with Crippen LogP contribution in [0.2, 0.25) is 0 Å². The molecule has 1 aromatic rings. The van der Waals surface area contributed by atoms with E-state index in [2.05, 4.69) is 10.6 Å². The van der Waals surface area contributed by atoms with Gasteiger partial charge >= 0.3 is 6.09 Å². The number of nitrogens with one attached hydrogen (secondary N) is 2. The summed E-state index contributed by atoms with van der Waals surface area (Å²) < 4.78 is 46.7. The molecular weight excluding hydrogens is 337 g/mol. The smallest absolute Gasteiger partial charge is 0.408 e. The highest BCUT2D eigenvalue weighted by molar-refractivity contribution is 5.86. The molecule has 3 atom stereocenters. The van der Waals surface area contributed by atoms with E-state index in [-0.39, 0.29) is 6.42 Å². The Hall–Kier alpha value is -2.25. The lowest BCUT2D eigenvalue weighted by Crippen LogP contribution is -2.56. The van der Waals surface area contributed by atoms with Gasteiger partial charge in [0.1, 0.15) is 17.5 Å². The minimum absolute atomic E-state index is 0.0798. The Kier molecular flexibility index (Phi) is 5.29. The minimum atomic E-state index is -1.29. The Morgan fingerprint density at radius 2 is 1.84 bits per heavy atom. The predicted molar refractivity (Wildman–Crippen MR) is 84.4 cm³/mol. The quantitative estimate of drug-likeness (QED) is 0.799. The Morgan fingerprint density at radius 3 is 2.44 bits per heavy atom. The van der Waals surface area contributed by atoms with Crippen LogP contribution in [-0.4, -0.2) is 29.7 Å². The number of benzene rings is 1. The topological polar surface area (TPSA) is 67.4 Å². The summed E-state index contributed by atoms with van der Waals surface area (Å²) in [7, 11) is 0. The Bertz CT molecular complexity index is 688. The van der Waals surface area contributed by atoms with Crippen molar-refractivity contribution in [1.82, 2.24) is 10.6 Å². The molecule has 138 valence electrons. The van der Waals surface area contributed by atoms with Gasteiger partial charge in [-0.3, -0.25) is 4.79 Å². The zero-order chi connectivity index (χ0) is 18.9. The first kappa shape index (κ1) is 19.1. The van der Waals surface area contributed by atoms with Gasteiger partial charge in [-0.15, -0.1) is 0 Å². The standard InChI is InChI=1S/C17H21F3N2O3/c1-8-9(13-10(18)5-6-11(19)14(13)20)7-12(15(23)21-8)22-16(24)25-17(2,3)4/h5-6,8-9,12H,7H2,1-4H3,(H,21,23)(H,22,24)/t8-,9+,12-/m1/s1. The van der Waals surface area contributed by atoms with E-state index >= 15 is 0 Å². The van der Waals surface area contributed by atoms with Crippen LogP contribution in [0.15, 0.2) is 12.1 Å². The van der Waals surface area contributed by atoms with E-state index in [9.17, 15) is 22.8 Å². The van der Waals surface area contributed by atoms with Gasteiger partial charge < -0.3 is 15.4 Å². The highest BCUT2D eigenvalue weighted by atomic mass is 19.2. The van der Waals surface area contributed by atoms with Crippen LogP contribution in [0.4, 0.5) is 18.0 Å². The van der Waals surface area contributed by atoms with Crippen molar-refractivity contribution in [1.29, 1.82) is 0 Å². The maximum atomic E-state index is 14.1. The average molecular weight is 358 g/mol. The van der Waals surface area contributed by atoms with E-state index in [4.69, 9.17) is 4.74 Å². The third-order valence-corrected chi connectivity index (χ3v) is 3.92. The fourth-order valence-corrected chi connectivity index (χ4v) is 2.82. The van der Waals surface area contributed by atoms with Crippen LogP contribution in [0.25, 0.3) is 0 Å². The third-order valence-electron chi connectivity index (χ3n) is 3.92. The van der Waals surface area contributed by atoms with Crippen LogP contribution >= 0.6 is 0 Å². The fraction of sp³-hybridized carbons (Fsp3) is 0.529. The highest BCUT2D eigenvalue weighted by Crippen LogP contribution is 2.33. The fourth-order valence-electron chi connectivity index (χ4n) is 2.82. The van der Waals surface area contributed by atoms with Gasteiger partial charge in [0, 0.05) is 17.5 Å². The summed E-state index contributed by atoms with van der Waals surface area (Å²) in [5, 5.41) is 4.94. The number of ether oxygens (including phenoxy) is 1. The second kappa shape index (κ2) is 6.93. The maximum absolute atomic E-state index is 14.1. The molecule has 1 aromatic carbocycles. The van der Waals surface area contributed by atoms with Crippen LogP contribution in [0, 0.1) is 17.5 Å². The Balaban J connectivity index is 2.23. The van der Waals surface area contributed by atoms with Crippen molar-refractivity contribution in [2.45, 2.75) is 57.7 Å². The van der Waals surface area contributed by atoms with Crippen LogP contribution in [0.1, 0.15) is 45.6 Å². The number of hydrogen-bond donors (Lipinski definition) is 2. The van der Waals surface area contributed by atoms with Crippen LogP contribution in [0.5, 0.6) is 0 Å². The number of carbonyl (C=O) groups excluding carboxylic acids is 2. The van der Waals surface area contributed by atoms with Crippen molar-refractivity contribution >= 4 is 12.0 Å². The van der Waals surface area contributed by atoms with Gasteiger partial charge in [0.2, 0.25) is 5.91 Å². The van der Waals surface area contributed by atoms with Crippen LogP contribution < -0.4 is 10.6 Å². The lowest BCUT2D eigenvalue weighted by Gasteiger charge is -2.35. The number of carbonyl (C=O) groups is 2. The molecule has 0 bridgehead atoms. The summed E-state index contributed by atoms with van der Waals surface area (Å²) >= 11 is 0. The summed E-state index contributed by atoms with van der Waals surface area (Å²) in [4.78, 5) is 23.9. The predicted octanol–water partition coefficient (Wildman–Crippen LogP) is 2.99. The summed E-state index contributed by atoms with van der Waals surface area (Å²) in [5.74, 6) is -4.69. The Labute approximate surface area is 143 Å². The average Bonchev–Trinajstić information content (AvgIpc) is 2.46. The molecule has 2 N–H and O–H groups in total. The van der Waals surface area contributed by atoms with Crippen LogP contribution in [-0.2, 0) is 9.53 Å². The number of hydrogen-bond acceptors (Lipinski definition) is 3. The highest BCUT2D eigenvalue weighted by Gasteiger charge is 2.38. The SMILES string of the molecule is C[C@H]1NC(=O)[C@H](NC(=O)OC(C)(C)C)C[C@@H]1c1c(F)ccc(F)c1F. The van der Waals surface area contributed by atoms with Crippen molar-refractivity contribution in [2.24, 2.45) is 0 Å².